The third-order valence-corrected chi connectivity index (χ3v) is 4.45. The van der Waals surface area contributed by atoms with Gasteiger partial charge in [0.1, 0.15) is 0 Å². The second kappa shape index (κ2) is 5.36. The quantitative estimate of drug-likeness (QED) is 0.684. The number of benzene rings is 1. The second-order valence-corrected chi connectivity index (χ2v) is 6.44. The first-order chi connectivity index (χ1) is 8.91. The van der Waals surface area contributed by atoms with Crippen molar-refractivity contribution in [2.75, 3.05) is 30.3 Å². The van der Waals surface area contributed by atoms with Crippen molar-refractivity contribution in [1.82, 2.24) is 0 Å². The summed E-state index contributed by atoms with van der Waals surface area (Å²) in [4.78, 5) is 2.13. The number of piperidine rings is 1. The van der Waals surface area contributed by atoms with Gasteiger partial charge in [0.05, 0.1) is 16.3 Å². The molecular weight excluding hydrogens is 266 g/mol. The van der Waals surface area contributed by atoms with Crippen molar-refractivity contribution in [2.24, 2.45) is 11.1 Å². The Balaban J connectivity index is 2.18. The molecule has 0 spiro atoms. The van der Waals surface area contributed by atoms with E-state index in [9.17, 15) is 8.42 Å². The zero-order valence-electron chi connectivity index (χ0n) is 10.6. The third-order valence-electron chi connectivity index (χ3n) is 3.54. The third kappa shape index (κ3) is 3.17. The van der Waals surface area contributed by atoms with Crippen molar-refractivity contribution in [3.05, 3.63) is 18.2 Å². The van der Waals surface area contributed by atoms with E-state index in [1.54, 1.807) is 6.07 Å². The summed E-state index contributed by atoms with van der Waals surface area (Å²) < 4.78 is 22.5. The largest absolute Gasteiger partial charge is 0.397 e. The number of nitrogens with zero attached hydrogens (tertiary/aromatic N) is 1. The number of rotatable bonds is 3. The Hall–Kier alpha value is -1.31. The molecule has 6 nitrogen and oxygen atoms in total. The lowest BCUT2D eigenvalue weighted by molar-refractivity contribution is 0.203. The summed E-state index contributed by atoms with van der Waals surface area (Å²) in [6.45, 7) is 1.84. The molecule has 1 saturated heterocycles. The lowest BCUT2D eigenvalue weighted by Crippen LogP contribution is -2.35. The van der Waals surface area contributed by atoms with Crippen molar-refractivity contribution < 1.29 is 13.5 Å². The summed E-state index contributed by atoms with van der Waals surface area (Å²) >= 11 is 0. The molecule has 0 saturated carbocycles. The fraction of sp³-hybridized carbons (Fsp3) is 0.500. The Kier molecular flexibility index (Phi) is 3.98. The number of aliphatic hydroxyl groups is 1. The van der Waals surface area contributed by atoms with Gasteiger partial charge >= 0.3 is 0 Å². The number of hydrogen-bond donors (Lipinski definition) is 3. The molecule has 1 heterocycles. The number of hydrogen-bond acceptors (Lipinski definition) is 5. The maximum atomic E-state index is 11.2. The highest BCUT2D eigenvalue weighted by Gasteiger charge is 2.20. The van der Waals surface area contributed by atoms with Crippen LogP contribution in [0.1, 0.15) is 12.8 Å². The Morgan fingerprint density at radius 2 is 1.95 bits per heavy atom. The average Bonchev–Trinajstić information content (AvgIpc) is 2.38. The number of primary sulfonamides is 1. The number of anilines is 2. The molecular formula is C12H19N3O3S. The van der Waals surface area contributed by atoms with E-state index in [4.69, 9.17) is 16.0 Å². The minimum atomic E-state index is -3.72. The Bertz CT molecular complexity index is 551. The smallest absolute Gasteiger partial charge is 0.238 e. The van der Waals surface area contributed by atoms with Gasteiger partial charge in [0.15, 0.2) is 0 Å². The molecule has 0 unspecified atom stereocenters. The highest BCUT2D eigenvalue weighted by Crippen LogP contribution is 2.29. The summed E-state index contributed by atoms with van der Waals surface area (Å²) in [7, 11) is -3.72. The van der Waals surface area contributed by atoms with Gasteiger partial charge in [-0.15, -0.1) is 0 Å². The molecule has 0 aromatic heterocycles. The van der Waals surface area contributed by atoms with Gasteiger partial charge < -0.3 is 15.7 Å². The van der Waals surface area contributed by atoms with Crippen LogP contribution in [-0.2, 0) is 10.0 Å². The molecule has 2 rings (SSSR count). The van der Waals surface area contributed by atoms with E-state index in [1.807, 2.05) is 0 Å². The second-order valence-electron chi connectivity index (χ2n) is 4.88. The first-order valence-electron chi connectivity index (χ1n) is 6.20. The van der Waals surface area contributed by atoms with E-state index in [0.29, 0.717) is 11.6 Å². The summed E-state index contributed by atoms with van der Waals surface area (Å²) in [5, 5.41) is 14.2. The molecule has 1 aliphatic heterocycles. The summed E-state index contributed by atoms with van der Waals surface area (Å²) in [5.41, 5.74) is 7.14. The lowest BCUT2D eigenvalue weighted by atomic mass is 9.97. The van der Waals surface area contributed by atoms with Gasteiger partial charge in [0, 0.05) is 19.7 Å². The molecule has 1 aliphatic rings. The minimum absolute atomic E-state index is 0.0268. The number of nitrogen functional groups attached to an aromatic ring is 1. The van der Waals surface area contributed by atoms with E-state index in [-0.39, 0.29) is 11.5 Å². The predicted octanol–water partition coefficient (Wildman–Crippen LogP) is 0.125. The molecule has 0 atom stereocenters. The van der Waals surface area contributed by atoms with Crippen LogP contribution in [0.25, 0.3) is 0 Å². The Labute approximate surface area is 113 Å². The molecule has 19 heavy (non-hydrogen) atoms. The van der Waals surface area contributed by atoms with Gasteiger partial charge in [-0.1, -0.05) is 0 Å². The van der Waals surface area contributed by atoms with Crippen LogP contribution in [0.15, 0.2) is 23.1 Å². The maximum Gasteiger partial charge on any atom is 0.238 e. The molecule has 7 heteroatoms. The van der Waals surface area contributed by atoms with Crippen molar-refractivity contribution in [2.45, 2.75) is 17.7 Å². The summed E-state index contributed by atoms with van der Waals surface area (Å²) in [5.74, 6) is 0.348. The van der Waals surface area contributed by atoms with Crippen LogP contribution in [0, 0.1) is 5.92 Å². The van der Waals surface area contributed by atoms with Crippen LogP contribution in [0.5, 0.6) is 0 Å². The van der Waals surface area contributed by atoms with E-state index >= 15 is 0 Å². The standard InChI is InChI=1S/C12H19N3O3S/c13-11-7-10(19(14,17)18)1-2-12(11)15-5-3-9(8-16)4-6-15/h1-2,7,9,16H,3-6,8,13H2,(H2,14,17,18). The zero-order valence-corrected chi connectivity index (χ0v) is 11.4. The van der Waals surface area contributed by atoms with Crippen LogP contribution in [0.3, 0.4) is 0 Å². The minimum Gasteiger partial charge on any atom is -0.397 e. The van der Waals surface area contributed by atoms with Crippen molar-refractivity contribution in [3.63, 3.8) is 0 Å². The first-order valence-corrected chi connectivity index (χ1v) is 7.74. The topological polar surface area (TPSA) is 110 Å². The van der Waals surface area contributed by atoms with Gasteiger partial charge in [0.25, 0.3) is 0 Å². The molecule has 5 N–H and O–H groups in total. The van der Waals surface area contributed by atoms with E-state index in [2.05, 4.69) is 4.90 Å². The van der Waals surface area contributed by atoms with Gasteiger partial charge in [-0.25, -0.2) is 13.6 Å². The Morgan fingerprint density at radius 1 is 1.32 bits per heavy atom. The van der Waals surface area contributed by atoms with Gasteiger partial charge in [-0.3, -0.25) is 0 Å². The monoisotopic (exact) mass is 285 g/mol. The van der Waals surface area contributed by atoms with Crippen LogP contribution >= 0.6 is 0 Å². The molecule has 0 amide bonds. The van der Waals surface area contributed by atoms with Gasteiger partial charge in [-0.05, 0) is 37.0 Å². The van der Waals surface area contributed by atoms with Crippen LogP contribution in [0.4, 0.5) is 11.4 Å². The summed E-state index contributed by atoms with van der Waals surface area (Å²) in [6.07, 6.45) is 1.82. The molecule has 0 bridgehead atoms. The Morgan fingerprint density at radius 3 is 2.42 bits per heavy atom. The predicted molar refractivity (Wildman–Crippen MR) is 74.3 cm³/mol. The highest BCUT2D eigenvalue weighted by molar-refractivity contribution is 7.89. The van der Waals surface area contributed by atoms with Crippen LogP contribution in [-0.4, -0.2) is 33.2 Å². The van der Waals surface area contributed by atoms with E-state index < -0.39 is 10.0 Å². The maximum absolute atomic E-state index is 11.2. The fourth-order valence-electron chi connectivity index (χ4n) is 2.35. The highest BCUT2D eigenvalue weighted by atomic mass is 32.2. The van der Waals surface area contributed by atoms with E-state index in [0.717, 1.165) is 31.6 Å². The molecule has 0 aliphatic carbocycles. The number of nitrogens with two attached hydrogens (primary N) is 2. The van der Waals surface area contributed by atoms with Crippen LogP contribution in [0.2, 0.25) is 0 Å². The molecule has 1 fully saturated rings. The number of sulfonamides is 1. The van der Waals surface area contributed by atoms with Crippen LogP contribution < -0.4 is 15.8 Å². The number of aliphatic hydroxyl groups excluding tert-OH is 1. The van der Waals surface area contributed by atoms with E-state index in [1.165, 1.54) is 12.1 Å². The molecule has 1 aromatic carbocycles. The fourth-order valence-corrected chi connectivity index (χ4v) is 2.90. The average molecular weight is 285 g/mol. The van der Waals surface area contributed by atoms with Crippen molar-refractivity contribution >= 4 is 21.4 Å². The molecule has 0 radical (unpaired) electrons. The van der Waals surface area contributed by atoms with Gasteiger partial charge in [-0.2, -0.15) is 0 Å². The van der Waals surface area contributed by atoms with Crippen molar-refractivity contribution in [3.8, 4) is 0 Å². The SMILES string of the molecule is Nc1cc(S(N)(=O)=O)ccc1N1CCC(CO)CC1. The van der Waals surface area contributed by atoms with Gasteiger partial charge in [0.2, 0.25) is 10.0 Å². The molecule has 1 aromatic rings. The lowest BCUT2D eigenvalue weighted by Gasteiger charge is -2.33. The zero-order chi connectivity index (χ0) is 14.0. The first kappa shape index (κ1) is 14.1. The summed E-state index contributed by atoms with van der Waals surface area (Å²) in [6, 6.07) is 4.55. The molecule has 106 valence electrons. The van der Waals surface area contributed by atoms with Crippen molar-refractivity contribution in [1.29, 1.82) is 0 Å². The normalized spacial score (nSPS) is 17.7.